The van der Waals surface area contributed by atoms with Crippen LogP contribution < -0.4 is 10.6 Å². The van der Waals surface area contributed by atoms with Gasteiger partial charge in [0.05, 0.1) is 6.04 Å². The molecular weight excluding hydrogens is 240 g/mol. The second kappa shape index (κ2) is 6.06. The van der Waals surface area contributed by atoms with Crippen LogP contribution in [0.25, 0.3) is 0 Å². The zero-order chi connectivity index (χ0) is 13.8. The molecule has 1 amide bonds. The maximum absolute atomic E-state index is 12.2. The Labute approximate surface area is 114 Å². The van der Waals surface area contributed by atoms with Gasteiger partial charge in [-0.2, -0.15) is 0 Å². The highest BCUT2D eigenvalue weighted by Gasteiger charge is 2.25. The van der Waals surface area contributed by atoms with Gasteiger partial charge in [-0.05, 0) is 50.9 Å². The van der Waals surface area contributed by atoms with Crippen LogP contribution in [0.15, 0.2) is 24.3 Å². The maximum atomic E-state index is 12.2. The number of carbonyl (C=O) groups excluding carboxylic acids is 1. The Kier molecular flexibility index (Phi) is 4.43. The fourth-order valence-electron chi connectivity index (χ4n) is 2.58. The molecule has 3 atom stereocenters. The van der Waals surface area contributed by atoms with Gasteiger partial charge in [-0.15, -0.1) is 0 Å². The molecule has 1 aliphatic rings. The fraction of sp³-hybridized carbons (Fsp3) is 0.533. The molecule has 0 bridgehead atoms. The van der Waals surface area contributed by atoms with E-state index in [4.69, 9.17) is 0 Å². The lowest BCUT2D eigenvalue weighted by atomic mass is 9.92. The minimum Gasteiger partial charge on any atom is -0.508 e. The molecule has 1 aromatic carbocycles. The lowest BCUT2D eigenvalue weighted by Crippen LogP contribution is -2.42. The van der Waals surface area contributed by atoms with Crippen molar-refractivity contribution in [1.82, 2.24) is 10.6 Å². The molecule has 4 heteroatoms. The summed E-state index contributed by atoms with van der Waals surface area (Å²) in [4.78, 5) is 12.2. The summed E-state index contributed by atoms with van der Waals surface area (Å²) in [7, 11) is 0. The molecular formula is C15H22N2O2. The van der Waals surface area contributed by atoms with Gasteiger partial charge in [-0.25, -0.2) is 0 Å². The molecule has 2 rings (SSSR count). The summed E-state index contributed by atoms with van der Waals surface area (Å²) in [5.74, 6) is 0.439. The average molecular weight is 262 g/mol. The van der Waals surface area contributed by atoms with Crippen LogP contribution in [0, 0.1) is 5.92 Å². The zero-order valence-corrected chi connectivity index (χ0v) is 11.5. The normalized spacial score (nSPS) is 24.7. The van der Waals surface area contributed by atoms with Gasteiger partial charge in [-0.3, -0.25) is 4.79 Å². The Morgan fingerprint density at radius 1 is 1.53 bits per heavy atom. The van der Waals surface area contributed by atoms with Crippen molar-refractivity contribution in [2.75, 3.05) is 6.54 Å². The quantitative estimate of drug-likeness (QED) is 0.780. The number of phenolic OH excluding ortho intramolecular Hbond substituents is 1. The van der Waals surface area contributed by atoms with Crippen LogP contribution in [0.2, 0.25) is 0 Å². The van der Waals surface area contributed by atoms with E-state index < -0.39 is 0 Å². The van der Waals surface area contributed by atoms with Gasteiger partial charge in [0, 0.05) is 12.0 Å². The molecule has 1 fully saturated rings. The first-order valence-corrected chi connectivity index (χ1v) is 6.89. The Bertz CT molecular complexity index is 448. The third kappa shape index (κ3) is 3.70. The molecule has 1 aliphatic heterocycles. The summed E-state index contributed by atoms with van der Waals surface area (Å²) in [6.07, 6.45) is 1.78. The highest BCUT2D eigenvalue weighted by Crippen LogP contribution is 2.20. The first-order chi connectivity index (χ1) is 9.06. The van der Waals surface area contributed by atoms with E-state index in [1.165, 1.54) is 0 Å². The molecule has 0 radical (unpaired) electrons. The molecule has 1 heterocycles. The van der Waals surface area contributed by atoms with Gasteiger partial charge in [-0.1, -0.05) is 12.1 Å². The number of piperidine rings is 1. The minimum absolute atomic E-state index is 0.0789. The van der Waals surface area contributed by atoms with Crippen LogP contribution >= 0.6 is 0 Å². The van der Waals surface area contributed by atoms with E-state index >= 15 is 0 Å². The van der Waals surface area contributed by atoms with Crippen LogP contribution in [0.4, 0.5) is 0 Å². The van der Waals surface area contributed by atoms with Crippen molar-refractivity contribution in [2.24, 2.45) is 5.92 Å². The predicted molar refractivity (Wildman–Crippen MR) is 74.9 cm³/mol. The number of nitrogens with one attached hydrogen (secondary N) is 2. The Balaban J connectivity index is 1.94. The Morgan fingerprint density at radius 3 is 3.00 bits per heavy atom. The lowest BCUT2D eigenvalue weighted by Gasteiger charge is -2.28. The molecule has 0 aliphatic carbocycles. The van der Waals surface area contributed by atoms with Crippen molar-refractivity contribution in [3.8, 4) is 5.75 Å². The third-order valence-corrected chi connectivity index (χ3v) is 3.72. The van der Waals surface area contributed by atoms with E-state index in [0.717, 1.165) is 24.9 Å². The summed E-state index contributed by atoms with van der Waals surface area (Å²) < 4.78 is 0. The van der Waals surface area contributed by atoms with Gasteiger partial charge < -0.3 is 15.7 Å². The lowest BCUT2D eigenvalue weighted by molar-refractivity contribution is -0.126. The number of phenols is 1. The van der Waals surface area contributed by atoms with Crippen molar-refractivity contribution < 1.29 is 9.90 Å². The molecule has 1 saturated heterocycles. The fourth-order valence-corrected chi connectivity index (χ4v) is 2.58. The number of carbonyl (C=O) groups is 1. The number of hydrogen-bond donors (Lipinski definition) is 3. The van der Waals surface area contributed by atoms with E-state index in [1.807, 2.05) is 13.0 Å². The summed E-state index contributed by atoms with van der Waals surface area (Å²) in [5.41, 5.74) is 0.926. The molecule has 3 N–H and O–H groups in total. The summed E-state index contributed by atoms with van der Waals surface area (Å²) >= 11 is 0. The second-order valence-electron chi connectivity index (χ2n) is 5.40. The number of amides is 1. The molecule has 104 valence electrons. The number of benzene rings is 1. The zero-order valence-electron chi connectivity index (χ0n) is 11.5. The van der Waals surface area contributed by atoms with E-state index in [9.17, 15) is 9.90 Å². The molecule has 0 spiro atoms. The minimum atomic E-state index is -0.0789. The Hall–Kier alpha value is -1.55. The average Bonchev–Trinajstić information content (AvgIpc) is 2.38. The van der Waals surface area contributed by atoms with Gasteiger partial charge in [0.1, 0.15) is 5.75 Å². The number of aromatic hydroxyl groups is 1. The van der Waals surface area contributed by atoms with Crippen LogP contribution in [0.1, 0.15) is 38.3 Å². The highest BCUT2D eigenvalue weighted by molar-refractivity contribution is 5.79. The number of hydrogen-bond acceptors (Lipinski definition) is 3. The molecule has 1 unspecified atom stereocenters. The SMILES string of the molecule is CC(NC(=O)[C@H]1CCN[C@@H](C)C1)c1cccc(O)c1. The van der Waals surface area contributed by atoms with Crippen molar-refractivity contribution in [3.63, 3.8) is 0 Å². The topological polar surface area (TPSA) is 61.4 Å². The second-order valence-corrected chi connectivity index (χ2v) is 5.40. The summed E-state index contributed by atoms with van der Waals surface area (Å²) in [6, 6.07) is 7.35. The molecule has 19 heavy (non-hydrogen) atoms. The van der Waals surface area contributed by atoms with E-state index in [0.29, 0.717) is 6.04 Å². The first kappa shape index (κ1) is 13.9. The van der Waals surface area contributed by atoms with Crippen molar-refractivity contribution in [2.45, 2.75) is 38.8 Å². The molecule has 1 aromatic rings. The number of rotatable bonds is 3. The van der Waals surface area contributed by atoms with E-state index in [2.05, 4.69) is 17.6 Å². The van der Waals surface area contributed by atoms with Gasteiger partial charge in [0.15, 0.2) is 0 Å². The largest absolute Gasteiger partial charge is 0.508 e. The maximum Gasteiger partial charge on any atom is 0.223 e. The van der Waals surface area contributed by atoms with Crippen molar-refractivity contribution in [1.29, 1.82) is 0 Å². The summed E-state index contributed by atoms with van der Waals surface area (Å²) in [5, 5.41) is 15.8. The standard InChI is InChI=1S/C15H22N2O2/c1-10-8-13(6-7-16-10)15(19)17-11(2)12-4-3-5-14(18)9-12/h3-5,9-11,13,16,18H,6-8H2,1-2H3,(H,17,19)/t10-,11?,13-/m0/s1. The van der Waals surface area contributed by atoms with Gasteiger partial charge in [0.25, 0.3) is 0 Å². The third-order valence-electron chi connectivity index (χ3n) is 3.72. The highest BCUT2D eigenvalue weighted by atomic mass is 16.3. The van der Waals surface area contributed by atoms with Gasteiger partial charge >= 0.3 is 0 Å². The van der Waals surface area contributed by atoms with Crippen LogP contribution in [0.5, 0.6) is 5.75 Å². The van der Waals surface area contributed by atoms with Crippen molar-refractivity contribution >= 4 is 5.91 Å². The van der Waals surface area contributed by atoms with E-state index in [1.54, 1.807) is 18.2 Å². The summed E-state index contributed by atoms with van der Waals surface area (Å²) in [6.45, 7) is 4.95. The monoisotopic (exact) mass is 262 g/mol. The van der Waals surface area contributed by atoms with Crippen LogP contribution in [0.3, 0.4) is 0 Å². The first-order valence-electron chi connectivity index (χ1n) is 6.89. The van der Waals surface area contributed by atoms with E-state index in [-0.39, 0.29) is 23.6 Å². The Morgan fingerprint density at radius 2 is 2.32 bits per heavy atom. The molecule has 0 aromatic heterocycles. The molecule has 0 saturated carbocycles. The smallest absolute Gasteiger partial charge is 0.223 e. The van der Waals surface area contributed by atoms with Crippen LogP contribution in [-0.4, -0.2) is 23.6 Å². The van der Waals surface area contributed by atoms with Crippen molar-refractivity contribution in [3.05, 3.63) is 29.8 Å². The van der Waals surface area contributed by atoms with Gasteiger partial charge in [0.2, 0.25) is 5.91 Å². The predicted octanol–water partition coefficient (Wildman–Crippen LogP) is 1.96. The molecule has 4 nitrogen and oxygen atoms in total. The van der Waals surface area contributed by atoms with Crippen LogP contribution in [-0.2, 0) is 4.79 Å².